The number of pyridine rings is 4. The highest BCUT2D eigenvalue weighted by molar-refractivity contribution is 6.27. The van der Waals surface area contributed by atoms with E-state index in [2.05, 4.69) is 107 Å². The first-order chi connectivity index (χ1) is 35.7. The van der Waals surface area contributed by atoms with Gasteiger partial charge in [0.2, 0.25) is 0 Å². The minimum absolute atomic E-state index is 0.526. The van der Waals surface area contributed by atoms with E-state index in [1.165, 1.54) is 0 Å². The minimum atomic E-state index is 0.526. The van der Waals surface area contributed by atoms with Gasteiger partial charge in [0.05, 0.1) is 22.4 Å². The van der Waals surface area contributed by atoms with Gasteiger partial charge in [-0.25, -0.2) is 29.9 Å². The molecule has 72 heavy (non-hydrogen) atoms. The summed E-state index contributed by atoms with van der Waals surface area (Å²) in [6.07, 6.45) is 7.22. The van der Waals surface area contributed by atoms with Gasteiger partial charge < -0.3 is 0 Å². The number of para-hydroxylation sites is 2. The van der Waals surface area contributed by atoms with Crippen LogP contribution in [0.1, 0.15) is 0 Å². The van der Waals surface area contributed by atoms with Crippen molar-refractivity contribution < 1.29 is 0 Å². The largest absolute Gasteiger partial charge is 0.256 e. The lowest BCUT2D eigenvalue weighted by atomic mass is 9.89. The van der Waals surface area contributed by atoms with Crippen molar-refractivity contribution in [2.45, 2.75) is 0 Å². The van der Waals surface area contributed by atoms with Gasteiger partial charge in [0, 0.05) is 80.1 Å². The highest BCUT2D eigenvalue weighted by Gasteiger charge is 2.22. The fraction of sp³-hybridized carbons (Fsp3) is 0. The van der Waals surface area contributed by atoms with Gasteiger partial charge in [0.15, 0.2) is 34.9 Å². The molecule has 8 aromatic carbocycles. The number of benzene rings is 8. The molecule has 14 aromatic rings. The van der Waals surface area contributed by atoms with E-state index in [4.69, 9.17) is 39.9 Å². The average molecular weight is 921 g/mol. The second-order valence-electron chi connectivity index (χ2n) is 17.6. The Kier molecular flexibility index (Phi) is 9.59. The topological polar surface area (TPSA) is 129 Å². The standard InChI is InChI=1S/C62H36N10/c1-3-31-63-51(21-1)41-13-5-15-43(35-41)57-67-58(44-16-6-14-42(36-44)52-22-2-4-32-64-52)69-59(68-57)47-29-25-37-24-28-46-48(30-26-38-23-27-45(47)53(37)54(38)46)60-70-61(49-19-7-11-39-17-9-33-65-55(39)49)72-62(71-60)50-20-8-12-40-18-10-34-66-56(40)50/h1-36H. The van der Waals surface area contributed by atoms with E-state index in [1.807, 2.05) is 97.1 Å². The van der Waals surface area contributed by atoms with Crippen LogP contribution in [0.4, 0.5) is 0 Å². The first-order valence-corrected chi connectivity index (χ1v) is 23.6. The third-order valence-electron chi connectivity index (χ3n) is 13.3. The summed E-state index contributed by atoms with van der Waals surface area (Å²) in [6, 6.07) is 65.8. The number of fused-ring (bicyclic) bond motifs is 2. The fourth-order valence-corrected chi connectivity index (χ4v) is 9.95. The summed E-state index contributed by atoms with van der Waals surface area (Å²) in [7, 11) is 0. The molecular weight excluding hydrogens is 885 g/mol. The molecule has 14 rings (SSSR count). The van der Waals surface area contributed by atoms with Crippen LogP contribution in [-0.4, -0.2) is 49.8 Å². The lowest BCUT2D eigenvalue weighted by Crippen LogP contribution is -2.02. The molecule has 0 saturated heterocycles. The summed E-state index contributed by atoms with van der Waals surface area (Å²) in [5.41, 5.74) is 10.4. The predicted molar refractivity (Wildman–Crippen MR) is 287 cm³/mol. The Hall–Kier alpha value is -10.1. The van der Waals surface area contributed by atoms with Gasteiger partial charge in [-0.05, 0) is 105 Å². The first-order valence-electron chi connectivity index (χ1n) is 23.6. The van der Waals surface area contributed by atoms with E-state index in [0.29, 0.717) is 34.9 Å². The maximum absolute atomic E-state index is 5.29. The van der Waals surface area contributed by atoms with E-state index in [-0.39, 0.29) is 0 Å². The molecule has 0 aliphatic heterocycles. The Morgan fingerprint density at radius 1 is 0.236 bits per heavy atom. The van der Waals surface area contributed by atoms with Crippen LogP contribution in [-0.2, 0) is 0 Å². The molecule has 334 valence electrons. The quantitative estimate of drug-likeness (QED) is 0.136. The fourth-order valence-electron chi connectivity index (χ4n) is 9.95. The van der Waals surface area contributed by atoms with Crippen LogP contribution in [0.25, 0.3) is 145 Å². The smallest absolute Gasteiger partial charge is 0.166 e. The van der Waals surface area contributed by atoms with Crippen LogP contribution in [0.5, 0.6) is 0 Å². The van der Waals surface area contributed by atoms with Gasteiger partial charge in [0.25, 0.3) is 0 Å². The lowest BCUT2D eigenvalue weighted by Gasteiger charge is -2.17. The Morgan fingerprint density at radius 2 is 0.625 bits per heavy atom. The zero-order valence-corrected chi connectivity index (χ0v) is 38.3. The Morgan fingerprint density at radius 3 is 1.10 bits per heavy atom. The van der Waals surface area contributed by atoms with Crippen LogP contribution in [0, 0.1) is 0 Å². The zero-order chi connectivity index (χ0) is 47.5. The minimum Gasteiger partial charge on any atom is -0.256 e. The lowest BCUT2D eigenvalue weighted by molar-refractivity contribution is 1.08. The number of nitrogens with zero attached hydrogens (tertiary/aromatic N) is 10. The third-order valence-corrected chi connectivity index (χ3v) is 13.3. The van der Waals surface area contributed by atoms with Crippen LogP contribution in [0.2, 0.25) is 0 Å². The molecule has 0 radical (unpaired) electrons. The Labute approximate surface area is 411 Å². The molecule has 10 nitrogen and oxygen atoms in total. The van der Waals surface area contributed by atoms with Crippen LogP contribution in [0.15, 0.2) is 219 Å². The van der Waals surface area contributed by atoms with Crippen molar-refractivity contribution >= 4 is 54.1 Å². The van der Waals surface area contributed by atoms with E-state index >= 15 is 0 Å². The maximum Gasteiger partial charge on any atom is 0.166 e. The Balaban J connectivity index is 0.974. The second-order valence-corrected chi connectivity index (χ2v) is 17.6. The molecule has 0 N–H and O–H groups in total. The molecular formula is C62H36N10. The van der Waals surface area contributed by atoms with Crippen LogP contribution < -0.4 is 0 Å². The summed E-state index contributed by atoms with van der Waals surface area (Å²) in [5.74, 6) is 3.25. The van der Waals surface area contributed by atoms with Crippen molar-refractivity contribution in [3.05, 3.63) is 219 Å². The molecule has 0 saturated carbocycles. The van der Waals surface area contributed by atoms with Gasteiger partial charge in [-0.15, -0.1) is 0 Å². The molecule has 0 spiro atoms. The zero-order valence-electron chi connectivity index (χ0n) is 38.3. The SMILES string of the molecule is c1ccc(-c2cccc(-c3nc(-c4cccc(-c5ccccn5)c4)nc(-c4ccc5ccc6c(-c7nc(-c8cccc9cccnc89)nc(-c8cccc9cccnc89)n7)ccc7ccc4c5c76)n3)c2)nc1. The maximum atomic E-state index is 5.29. The summed E-state index contributed by atoms with van der Waals surface area (Å²) < 4.78 is 0. The monoisotopic (exact) mass is 920 g/mol. The van der Waals surface area contributed by atoms with Crippen molar-refractivity contribution in [1.82, 2.24) is 49.8 Å². The summed E-state index contributed by atoms with van der Waals surface area (Å²) in [5, 5.41) is 8.37. The first kappa shape index (κ1) is 41.0. The molecule has 0 aliphatic rings. The highest BCUT2D eigenvalue weighted by atomic mass is 15.0. The predicted octanol–water partition coefficient (Wildman–Crippen LogP) is 14.2. The third kappa shape index (κ3) is 7.04. The van der Waals surface area contributed by atoms with Crippen LogP contribution >= 0.6 is 0 Å². The molecule has 10 heteroatoms. The van der Waals surface area contributed by atoms with Crippen molar-refractivity contribution in [2.75, 3.05) is 0 Å². The second kappa shape index (κ2) is 16.9. The van der Waals surface area contributed by atoms with Crippen molar-refractivity contribution in [2.24, 2.45) is 0 Å². The molecule has 6 heterocycles. The normalized spacial score (nSPS) is 11.6. The summed E-state index contributed by atoms with van der Waals surface area (Å²) in [6.45, 7) is 0. The molecule has 0 atom stereocenters. The van der Waals surface area contributed by atoms with Crippen molar-refractivity contribution in [3.8, 4) is 90.8 Å². The van der Waals surface area contributed by atoms with Crippen molar-refractivity contribution in [3.63, 3.8) is 0 Å². The summed E-state index contributed by atoms with van der Waals surface area (Å²) >= 11 is 0. The van der Waals surface area contributed by atoms with E-state index in [0.717, 1.165) is 110 Å². The molecule has 0 fully saturated rings. The molecule has 0 amide bonds. The van der Waals surface area contributed by atoms with Crippen molar-refractivity contribution in [1.29, 1.82) is 0 Å². The summed E-state index contributed by atoms with van der Waals surface area (Å²) in [4.78, 5) is 50.4. The number of hydrogen-bond donors (Lipinski definition) is 0. The van der Waals surface area contributed by atoms with Crippen LogP contribution in [0.3, 0.4) is 0 Å². The molecule has 0 aliphatic carbocycles. The van der Waals surface area contributed by atoms with E-state index in [9.17, 15) is 0 Å². The number of aromatic nitrogens is 10. The van der Waals surface area contributed by atoms with E-state index < -0.39 is 0 Å². The van der Waals surface area contributed by atoms with Gasteiger partial charge in [-0.3, -0.25) is 19.9 Å². The van der Waals surface area contributed by atoms with E-state index in [1.54, 1.807) is 24.8 Å². The average Bonchev–Trinajstić information content (AvgIpc) is 3.46. The molecule has 0 bridgehead atoms. The van der Waals surface area contributed by atoms with Gasteiger partial charge >= 0.3 is 0 Å². The number of hydrogen-bond acceptors (Lipinski definition) is 10. The van der Waals surface area contributed by atoms with Gasteiger partial charge in [-0.2, -0.15) is 0 Å². The highest BCUT2D eigenvalue weighted by Crippen LogP contribution is 2.43. The molecule has 0 unspecified atom stereocenters. The van der Waals surface area contributed by atoms with Gasteiger partial charge in [-0.1, -0.05) is 121 Å². The van der Waals surface area contributed by atoms with Gasteiger partial charge in [0.1, 0.15) is 0 Å². The molecule has 6 aromatic heterocycles. The Bertz CT molecular complexity index is 4200. The number of rotatable bonds is 8.